The Kier molecular flexibility index (Phi) is 7.09. The van der Waals surface area contributed by atoms with Gasteiger partial charge < -0.3 is 15.4 Å². The number of hydrogen-bond acceptors (Lipinski definition) is 5. The van der Waals surface area contributed by atoms with Crippen molar-refractivity contribution in [2.75, 3.05) is 19.7 Å². The highest BCUT2D eigenvalue weighted by atomic mass is 32.2. The maximum absolute atomic E-state index is 13.3. The second kappa shape index (κ2) is 9.59. The van der Waals surface area contributed by atoms with E-state index in [2.05, 4.69) is 10.6 Å². The molecule has 9 heteroatoms. The Balaban J connectivity index is 1.63. The highest BCUT2D eigenvalue weighted by Crippen LogP contribution is 2.28. The molecular formula is C22H27N3O5S. The van der Waals surface area contributed by atoms with Crippen LogP contribution in [-0.4, -0.2) is 50.5 Å². The van der Waals surface area contributed by atoms with E-state index in [0.29, 0.717) is 11.1 Å². The summed E-state index contributed by atoms with van der Waals surface area (Å²) >= 11 is 0. The minimum atomic E-state index is -3.82. The van der Waals surface area contributed by atoms with Crippen LogP contribution >= 0.6 is 0 Å². The molecule has 0 radical (unpaired) electrons. The van der Waals surface area contributed by atoms with Crippen LogP contribution in [0.2, 0.25) is 0 Å². The number of ether oxygens (including phenoxy) is 1. The zero-order valence-corrected chi connectivity index (χ0v) is 18.7. The van der Waals surface area contributed by atoms with E-state index in [1.165, 1.54) is 4.31 Å². The van der Waals surface area contributed by atoms with E-state index in [1.807, 2.05) is 49.4 Å². The van der Waals surface area contributed by atoms with E-state index < -0.39 is 28.1 Å². The molecule has 3 rings (SSSR count). The van der Waals surface area contributed by atoms with Crippen molar-refractivity contribution < 1.29 is 22.7 Å². The second-order valence-electron chi connectivity index (χ2n) is 7.55. The summed E-state index contributed by atoms with van der Waals surface area (Å²) in [5.41, 5.74) is 3.17. The highest BCUT2D eigenvalue weighted by molar-refractivity contribution is 7.89. The van der Waals surface area contributed by atoms with Crippen LogP contribution in [0.3, 0.4) is 0 Å². The van der Waals surface area contributed by atoms with Gasteiger partial charge in [0.25, 0.3) is 0 Å². The molecule has 1 aliphatic rings. The molecule has 1 saturated heterocycles. The first-order valence-electron chi connectivity index (χ1n) is 10.0. The van der Waals surface area contributed by atoms with Gasteiger partial charge in [-0.05, 0) is 37.5 Å². The lowest BCUT2D eigenvalue weighted by Gasteiger charge is -2.24. The first-order valence-corrected chi connectivity index (χ1v) is 11.5. The summed E-state index contributed by atoms with van der Waals surface area (Å²) in [6, 6.07) is 12.9. The van der Waals surface area contributed by atoms with Crippen molar-refractivity contribution >= 4 is 21.8 Å². The Bertz CT molecular complexity index is 1050. The Morgan fingerprint density at radius 3 is 2.29 bits per heavy atom. The van der Waals surface area contributed by atoms with Gasteiger partial charge in [-0.2, -0.15) is 4.31 Å². The summed E-state index contributed by atoms with van der Waals surface area (Å²) in [7, 11) is -3.82. The van der Waals surface area contributed by atoms with Crippen LogP contribution in [0.5, 0.6) is 0 Å². The lowest BCUT2D eigenvalue weighted by molar-refractivity contribution is -0.139. The molecule has 1 fully saturated rings. The summed E-state index contributed by atoms with van der Waals surface area (Å²) in [6.07, 6.45) is -0.879. The lowest BCUT2D eigenvalue weighted by atomic mass is 10.1. The zero-order chi connectivity index (χ0) is 22.6. The van der Waals surface area contributed by atoms with Gasteiger partial charge in [-0.1, -0.05) is 48.0 Å². The Morgan fingerprint density at radius 1 is 1.03 bits per heavy atom. The van der Waals surface area contributed by atoms with E-state index in [9.17, 15) is 18.0 Å². The van der Waals surface area contributed by atoms with Gasteiger partial charge >= 0.3 is 11.8 Å². The van der Waals surface area contributed by atoms with E-state index in [4.69, 9.17) is 4.74 Å². The molecule has 2 N–H and O–H groups in total. The molecule has 0 saturated carbocycles. The van der Waals surface area contributed by atoms with Crippen molar-refractivity contribution in [1.82, 2.24) is 14.9 Å². The molecule has 0 aromatic heterocycles. The minimum Gasteiger partial charge on any atom is -0.359 e. The quantitative estimate of drug-likeness (QED) is 0.654. The molecule has 0 aliphatic carbocycles. The molecule has 2 aromatic carbocycles. The van der Waals surface area contributed by atoms with Crippen molar-refractivity contribution in [2.24, 2.45) is 0 Å². The summed E-state index contributed by atoms with van der Waals surface area (Å²) in [4.78, 5) is 24.4. The molecule has 2 amide bonds. The number of nitrogens with zero attached hydrogens (tertiary/aromatic N) is 1. The monoisotopic (exact) mass is 445 g/mol. The van der Waals surface area contributed by atoms with Crippen LogP contribution in [0, 0.1) is 20.8 Å². The van der Waals surface area contributed by atoms with Gasteiger partial charge in [-0.15, -0.1) is 0 Å². The van der Waals surface area contributed by atoms with E-state index >= 15 is 0 Å². The fourth-order valence-electron chi connectivity index (χ4n) is 3.75. The van der Waals surface area contributed by atoms with Crippen LogP contribution in [0.1, 0.15) is 22.3 Å². The third-order valence-electron chi connectivity index (χ3n) is 5.05. The average molecular weight is 446 g/mol. The summed E-state index contributed by atoms with van der Waals surface area (Å²) < 4.78 is 33.4. The summed E-state index contributed by atoms with van der Waals surface area (Å²) in [5.74, 6) is -1.63. The van der Waals surface area contributed by atoms with Crippen LogP contribution in [-0.2, 0) is 30.9 Å². The van der Waals surface area contributed by atoms with E-state index in [1.54, 1.807) is 13.8 Å². The predicted molar refractivity (Wildman–Crippen MR) is 116 cm³/mol. The third kappa shape index (κ3) is 5.30. The number of sulfonamides is 1. The average Bonchev–Trinajstić information content (AvgIpc) is 3.19. The van der Waals surface area contributed by atoms with Gasteiger partial charge in [0.15, 0.2) is 0 Å². The normalized spacial score (nSPS) is 16.8. The molecule has 31 heavy (non-hydrogen) atoms. The van der Waals surface area contributed by atoms with Crippen LogP contribution in [0.4, 0.5) is 0 Å². The molecule has 0 spiro atoms. The third-order valence-corrected chi connectivity index (χ3v) is 7.25. The Labute approximate surface area is 182 Å². The number of nitrogens with one attached hydrogen (secondary N) is 2. The van der Waals surface area contributed by atoms with Gasteiger partial charge in [0.2, 0.25) is 10.0 Å². The first kappa shape index (κ1) is 22.9. The maximum atomic E-state index is 13.3. The van der Waals surface area contributed by atoms with Gasteiger partial charge in [0, 0.05) is 13.1 Å². The fraction of sp³-hybridized carbons (Fsp3) is 0.364. The standard InChI is InChI=1S/C22H27N3O5S/c1-15-11-16(2)20(17(3)12-15)31(28,29)25-9-10-30-19(25)14-24-22(27)21(26)23-13-18-7-5-4-6-8-18/h4-8,11-12,19H,9-10,13-14H2,1-3H3,(H,23,26)(H,24,27)/t19-/m1/s1. The van der Waals surface area contributed by atoms with Crippen LogP contribution in [0.15, 0.2) is 47.4 Å². The van der Waals surface area contributed by atoms with Crippen molar-refractivity contribution in [2.45, 2.75) is 38.4 Å². The smallest absolute Gasteiger partial charge is 0.309 e. The SMILES string of the molecule is Cc1cc(C)c(S(=O)(=O)N2CCO[C@@H]2CNC(=O)C(=O)NCc2ccccc2)c(C)c1. The fourth-order valence-corrected chi connectivity index (χ4v) is 5.68. The molecular weight excluding hydrogens is 418 g/mol. The number of carbonyl (C=O) groups is 2. The van der Waals surface area contributed by atoms with Crippen molar-refractivity contribution in [3.63, 3.8) is 0 Å². The Hall–Kier alpha value is -2.75. The topological polar surface area (TPSA) is 105 Å². The molecule has 0 bridgehead atoms. The zero-order valence-electron chi connectivity index (χ0n) is 17.8. The number of aryl methyl sites for hydroxylation is 3. The number of hydrogen-bond donors (Lipinski definition) is 2. The highest BCUT2D eigenvalue weighted by Gasteiger charge is 2.38. The van der Waals surface area contributed by atoms with Crippen molar-refractivity contribution in [3.8, 4) is 0 Å². The summed E-state index contributed by atoms with van der Waals surface area (Å²) in [6.45, 7) is 5.92. The molecule has 0 unspecified atom stereocenters. The van der Waals surface area contributed by atoms with Crippen molar-refractivity contribution in [1.29, 1.82) is 0 Å². The Morgan fingerprint density at radius 2 is 1.65 bits per heavy atom. The van der Waals surface area contributed by atoms with Gasteiger partial charge in [-0.3, -0.25) is 9.59 Å². The number of carbonyl (C=O) groups excluding carboxylic acids is 2. The first-order chi connectivity index (χ1) is 14.7. The largest absolute Gasteiger partial charge is 0.359 e. The molecule has 166 valence electrons. The lowest BCUT2D eigenvalue weighted by Crippen LogP contribution is -2.47. The molecule has 1 heterocycles. The number of amides is 2. The van der Waals surface area contributed by atoms with E-state index in [0.717, 1.165) is 11.1 Å². The van der Waals surface area contributed by atoms with Crippen molar-refractivity contribution in [3.05, 3.63) is 64.7 Å². The second-order valence-corrected chi connectivity index (χ2v) is 9.37. The molecule has 1 aliphatic heterocycles. The van der Waals surface area contributed by atoms with E-state index in [-0.39, 0.29) is 31.1 Å². The van der Waals surface area contributed by atoms with Gasteiger partial charge in [-0.25, -0.2) is 8.42 Å². The van der Waals surface area contributed by atoms with Gasteiger partial charge in [0.1, 0.15) is 6.23 Å². The minimum absolute atomic E-state index is 0.124. The molecule has 2 aromatic rings. The number of benzene rings is 2. The molecule has 8 nitrogen and oxygen atoms in total. The van der Waals surface area contributed by atoms with Crippen LogP contribution in [0.25, 0.3) is 0 Å². The van der Waals surface area contributed by atoms with Crippen LogP contribution < -0.4 is 10.6 Å². The maximum Gasteiger partial charge on any atom is 0.309 e. The summed E-state index contributed by atoms with van der Waals surface area (Å²) in [5, 5.41) is 5.01. The number of rotatable bonds is 6. The van der Waals surface area contributed by atoms with Gasteiger partial charge in [0.05, 0.1) is 18.0 Å². The predicted octanol–water partition coefficient (Wildman–Crippen LogP) is 1.39. The molecule has 1 atom stereocenters.